The summed E-state index contributed by atoms with van der Waals surface area (Å²) in [5.41, 5.74) is 3.23. The number of aliphatic hydroxyl groups excluding tert-OH is 1. The Morgan fingerprint density at radius 2 is 2.05 bits per heavy atom. The number of rotatable bonds is 3. The van der Waals surface area contributed by atoms with Gasteiger partial charge in [0, 0.05) is 18.7 Å². The topological polar surface area (TPSA) is 32.3 Å². The SMILES string of the molecule is CC1(C)Cc2ccccc2C1NC1CCCC1CO. The maximum Gasteiger partial charge on any atom is 0.0474 e. The van der Waals surface area contributed by atoms with Crippen molar-refractivity contribution in [2.45, 2.75) is 51.6 Å². The van der Waals surface area contributed by atoms with Crippen LogP contribution in [-0.4, -0.2) is 17.8 Å². The van der Waals surface area contributed by atoms with E-state index < -0.39 is 0 Å². The van der Waals surface area contributed by atoms with E-state index in [4.69, 9.17) is 0 Å². The van der Waals surface area contributed by atoms with E-state index in [-0.39, 0.29) is 5.41 Å². The summed E-state index contributed by atoms with van der Waals surface area (Å²) in [7, 11) is 0. The quantitative estimate of drug-likeness (QED) is 0.874. The zero-order chi connectivity index (χ0) is 13.5. The third kappa shape index (κ3) is 2.32. The molecule has 2 N–H and O–H groups in total. The van der Waals surface area contributed by atoms with Gasteiger partial charge >= 0.3 is 0 Å². The summed E-state index contributed by atoms with van der Waals surface area (Å²) < 4.78 is 0. The number of nitrogens with one attached hydrogen (secondary N) is 1. The number of benzene rings is 1. The molecule has 3 atom stereocenters. The predicted octanol–water partition coefficient (Wildman–Crippen LogP) is 3.06. The lowest BCUT2D eigenvalue weighted by molar-refractivity contribution is 0.176. The van der Waals surface area contributed by atoms with Crippen molar-refractivity contribution in [3.05, 3.63) is 35.4 Å². The summed E-state index contributed by atoms with van der Waals surface area (Å²) in [6.07, 6.45) is 4.78. The van der Waals surface area contributed by atoms with Crippen LogP contribution in [-0.2, 0) is 6.42 Å². The maximum absolute atomic E-state index is 9.50. The molecule has 3 unspecified atom stereocenters. The average Bonchev–Trinajstić information content (AvgIpc) is 2.92. The molecule has 0 saturated heterocycles. The first-order chi connectivity index (χ1) is 9.12. The highest BCUT2D eigenvalue weighted by Crippen LogP contribution is 2.46. The summed E-state index contributed by atoms with van der Waals surface area (Å²) >= 11 is 0. The van der Waals surface area contributed by atoms with E-state index in [9.17, 15) is 5.11 Å². The first-order valence-electron chi connectivity index (χ1n) is 7.56. The van der Waals surface area contributed by atoms with Gasteiger partial charge < -0.3 is 10.4 Å². The van der Waals surface area contributed by atoms with Gasteiger partial charge in [-0.2, -0.15) is 0 Å². The molecule has 2 nitrogen and oxygen atoms in total. The molecule has 3 rings (SSSR count). The van der Waals surface area contributed by atoms with Gasteiger partial charge in [-0.3, -0.25) is 0 Å². The molecule has 0 spiro atoms. The monoisotopic (exact) mass is 259 g/mol. The normalized spacial score (nSPS) is 32.5. The minimum absolute atomic E-state index is 0.270. The molecule has 2 aliphatic carbocycles. The van der Waals surface area contributed by atoms with Gasteiger partial charge in [0.25, 0.3) is 0 Å². The van der Waals surface area contributed by atoms with E-state index in [1.165, 1.54) is 30.4 Å². The highest BCUT2D eigenvalue weighted by Gasteiger charge is 2.41. The lowest BCUT2D eigenvalue weighted by Gasteiger charge is -2.33. The molecule has 0 radical (unpaired) electrons. The van der Waals surface area contributed by atoms with Crippen molar-refractivity contribution in [1.82, 2.24) is 5.32 Å². The van der Waals surface area contributed by atoms with E-state index in [1.807, 2.05) is 0 Å². The van der Waals surface area contributed by atoms with Gasteiger partial charge in [-0.1, -0.05) is 44.5 Å². The Morgan fingerprint density at radius 1 is 1.26 bits per heavy atom. The lowest BCUT2D eigenvalue weighted by atomic mass is 9.84. The molecular weight excluding hydrogens is 234 g/mol. The Bertz CT molecular complexity index is 454. The highest BCUT2D eigenvalue weighted by atomic mass is 16.3. The van der Waals surface area contributed by atoms with Crippen LogP contribution in [0.2, 0.25) is 0 Å². The number of hydrogen-bond acceptors (Lipinski definition) is 2. The van der Waals surface area contributed by atoms with Crippen LogP contribution >= 0.6 is 0 Å². The zero-order valence-electron chi connectivity index (χ0n) is 12.0. The first kappa shape index (κ1) is 13.1. The molecule has 0 amide bonds. The molecule has 19 heavy (non-hydrogen) atoms. The lowest BCUT2D eigenvalue weighted by Crippen LogP contribution is -2.41. The Morgan fingerprint density at radius 3 is 2.84 bits per heavy atom. The van der Waals surface area contributed by atoms with E-state index in [0.717, 1.165) is 6.42 Å². The standard InChI is InChI=1S/C17H25NO/c1-17(2)10-12-6-3-4-8-14(12)16(17)18-15-9-5-7-13(15)11-19/h3-4,6,8,13,15-16,18-19H,5,7,9-11H2,1-2H3. The van der Waals surface area contributed by atoms with Gasteiger partial charge in [-0.25, -0.2) is 0 Å². The molecule has 1 fully saturated rings. The van der Waals surface area contributed by atoms with Crippen molar-refractivity contribution in [1.29, 1.82) is 0 Å². The fourth-order valence-corrected chi connectivity index (χ4v) is 3.99. The minimum Gasteiger partial charge on any atom is -0.396 e. The summed E-state index contributed by atoms with van der Waals surface area (Å²) in [6, 6.07) is 9.74. The molecule has 1 saturated carbocycles. The predicted molar refractivity (Wildman–Crippen MR) is 78.0 cm³/mol. The van der Waals surface area contributed by atoms with Gasteiger partial charge in [-0.15, -0.1) is 0 Å². The van der Waals surface area contributed by atoms with Crippen LogP contribution in [0.3, 0.4) is 0 Å². The third-order valence-electron chi connectivity index (χ3n) is 5.07. The van der Waals surface area contributed by atoms with Crippen LogP contribution in [0.15, 0.2) is 24.3 Å². The van der Waals surface area contributed by atoms with Gasteiger partial charge in [-0.05, 0) is 41.7 Å². The van der Waals surface area contributed by atoms with E-state index in [1.54, 1.807) is 0 Å². The van der Waals surface area contributed by atoms with Crippen LogP contribution in [0.5, 0.6) is 0 Å². The Hall–Kier alpha value is -0.860. The molecule has 0 heterocycles. The minimum atomic E-state index is 0.270. The summed E-state index contributed by atoms with van der Waals surface area (Å²) in [5, 5.41) is 13.4. The van der Waals surface area contributed by atoms with Crippen molar-refractivity contribution < 1.29 is 5.11 Å². The van der Waals surface area contributed by atoms with Crippen molar-refractivity contribution in [2.24, 2.45) is 11.3 Å². The molecule has 1 aromatic carbocycles. The van der Waals surface area contributed by atoms with Crippen molar-refractivity contribution in [3.8, 4) is 0 Å². The smallest absolute Gasteiger partial charge is 0.0474 e. The molecular formula is C17H25NO. The number of hydrogen-bond donors (Lipinski definition) is 2. The van der Waals surface area contributed by atoms with Crippen LogP contribution in [0.1, 0.15) is 50.3 Å². The average molecular weight is 259 g/mol. The Kier molecular flexibility index (Phi) is 3.40. The third-order valence-corrected chi connectivity index (χ3v) is 5.07. The fourth-order valence-electron chi connectivity index (χ4n) is 3.99. The van der Waals surface area contributed by atoms with Crippen molar-refractivity contribution in [3.63, 3.8) is 0 Å². The largest absolute Gasteiger partial charge is 0.396 e. The number of aliphatic hydroxyl groups is 1. The molecule has 1 aromatic rings. The van der Waals surface area contributed by atoms with Gasteiger partial charge in [0.05, 0.1) is 0 Å². The summed E-state index contributed by atoms with van der Waals surface area (Å²) in [4.78, 5) is 0. The van der Waals surface area contributed by atoms with Crippen LogP contribution in [0, 0.1) is 11.3 Å². The second-order valence-electron chi connectivity index (χ2n) is 6.94. The number of fused-ring (bicyclic) bond motifs is 1. The van der Waals surface area contributed by atoms with Crippen LogP contribution < -0.4 is 5.32 Å². The summed E-state index contributed by atoms with van der Waals surface area (Å²) in [6.45, 7) is 5.04. The maximum atomic E-state index is 9.50. The van der Waals surface area contributed by atoms with Crippen molar-refractivity contribution >= 4 is 0 Å². The molecule has 2 aliphatic rings. The Balaban J connectivity index is 1.83. The molecule has 2 heteroatoms. The molecule has 0 aromatic heterocycles. The molecule has 0 bridgehead atoms. The zero-order valence-corrected chi connectivity index (χ0v) is 12.0. The highest BCUT2D eigenvalue weighted by molar-refractivity contribution is 5.37. The van der Waals surface area contributed by atoms with Crippen LogP contribution in [0.25, 0.3) is 0 Å². The second kappa shape index (κ2) is 4.92. The van der Waals surface area contributed by atoms with E-state index in [0.29, 0.717) is 24.6 Å². The molecule has 0 aliphatic heterocycles. The van der Waals surface area contributed by atoms with Crippen molar-refractivity contribution in [2.75, 3.05) is 6.61 Å². The summed E-state index contributed by atoms with van der Waals surface area (Å²) in [5.74, 6) is 0.448. The van der Waals surface area contributed by atoms with Crippen LogP contribution in [0.4, 0.5) is 0 Å². The first-order valence-corrected chi connectivity index (χ1v) is 7.56. The fraction of sp³-hybridized carbons (Fsp3) is 0.647. The van der Waals surface area contributed by atoms with Gasteiger partial charge in [0.1, 0.15) is 0 Å². The van der Waals surface area contributed by atoms with Gasteiger partial charge in [0.2, 0.25) is 0 Å². The van der Waals surface area contributed by atoms with Gasteiger partial charge in [0.15, 0.2) is 0 Å². The Labute approximate surface area is 116 Å². The molecule has 104 valence electrons. The second-order valence-corrected chi connectivity index (χ2v) is 6.94. The van der Waals surface area contributed by atoms with E-state index >= 15 is 0 Å². The van der Waals surface area contributed by atoms with E-state index in [2.05, 4.69) is 43.4 Å².